The molecule has 0 radical (unpaired) electrons. The Morgan fingerprint density at radius 1 is 1.15 bits per heavy atom. The van der Waals surface area contributed by atoms with Gasteiger partial charge in [-0.2, -0.15) is 0 Å². The normalized spacial score (nSPS) is 14.8. The third-order valence-corrected chi connectivity index (χ3v) is 5.81. The van der Waals surface area contributed by atoms with Crippen molar-refractivity contribution in [3.8, 4) is 0 Å². The van der Waals surface area contributed by atoms with Crippen molar-refractivity contribution in [2.24, 2.45) is 0 Å². The summed E-state index contributed by atoms with van der Waals surface area (Å²) in [6, 6.07) is 4.60. The van der Waals surface area contributed by atoms with Crippen molar-refractivity contribution in [1.82, 2.24) is 4.90 Å². The molecule has 0 saturated heterocycles. The van der Waals surface area contributed by atoms with Gasteiger partial charge in [-0.1, -0.05) is 35.2 Å². The Morgan fingerprint density at radius 2 is 1.81 bits per heavy atom. The molecule has 1 aromatic rings. The first-order valence-electron chi connectivity index (χ1n) is 8.84. The van der Waals surface area contributed by atoms with E-state index in [0.717, 1.165) is 26.7 Å². The van der Waals surface area contributed by atoms with Crippen LogP contribution in [0.25, 0.3) is 0 Å². The summed E-state index contributed by atoms with van der Waals surface area (Å²) < 4.78 is 1.83. The van der Waals surface area contributed by atoms with Crippen LogP contribution in [-0.2, 0) is 16.1 Å². The van der Waals surface area contributed by atoms with Gasteiger partial charge in [-0.05, 0) is 60.4 Å². The second kappa shape index (κ2) is 11.4. The van der Waals surface area contributed by atoms with Crippen LogP contribution in [0.2, 0.25) is 0 Å². The minimum atomic E-state index is -0.125. The van der Waals surface area contributed by atoms with E-state index in [4.69, 9.17) is 0 Å². The summed E-state index contributed by atoms with van der Waals surface area (Å²) in [6.45, 7) is 2.29. The van der Waals surface area contributed by atoms with Gasteiger partial charge in [-0.25, -0.2) is 0 Å². The molecule has 1 N–H and O–H groups in total. The summed E-state index contributed by atoms with van der Waals surface area (Å²) in [5, 5.41) is 2.98. The summed E-state index contributed by atoms with van der Waals surface area (Å²) in [5.41, 5.74) is 1.88. The first kappa shape index (κ1) is 23.6. The van der Waals surface area contributed by atoms with E-state index in [0.29, 0.717) is 6.04 Å². The standard InChI is InChI=1S/C19H26Br2N2O2.ClH/c1-13(24)8-9-18(25)22-19-14(10-15(20)11-17(19)21)12-23(2)16-6-4-3-5-7-16;/h10-11,16H,3-9,12H2,1-2H3,(H,22,25);1H. The van der Waals surface area contributed by atoms with E-state index in [2.05, 4.69) is 55.2 Å². The molecule has 0 heterocycles. The Balaban J connectivity index is 0.00000338. The lowest BCUT2D eigenvalue weighted by Gasteiger charge is -2.32. The van der Waals surface area contributed by atoms with Gasteiger partial charge in [0.05, 0.1) is 5.69 Å². The second-order valence-electron chi connectivity index (χ2n) is 6.88. The van der Waals surface area contributed by atoms with Crippen LogP contribution >= 0.6 is 44.3 Å². The van der Waals surface area contributed by atoms with Crippen molar-refractivity contribution in [3.05, 3.63) is 26.6 Å². The largest absolute Gasteiger partial charge is 0.325 e. The van der Waals surface area contributed by atoms with E-state index >= 15 is 0 Å². The average molecular weight is 511 g/mol. The lowest BCUT2D eigenvalue weighted by molar-refractivity contribution is -0.121. The number of hydrogen-bond donors (Lipinski definition) is 1. The number of Topliss-reactive ketones (excluding diaryl/α,β-unsaturated/α-hetero) is 1. The molecule has 2 rings (SSSR count). The van der Waals surface area contributed by atoms with Crippen molar-refractivity contribution in [2.45, 2.75) is 64.5 Å². The molecule has 1 aliphatic carbocycles. The van der Waals surface area contributed by atoms with Crippen molar-refractivity contribution < 1.29 is 9.59 Å². The first-order valence-corrected chi connectivity index (χ1v) is 10.4. The van der Waals surface area contributed by atoms with Gasteiger partial charge in [0.25, 0.3) is 0 Å². The first-order chi connectivity index (χ1) is 11.9. The molecule has 0 spiro atoms. The van der Waals surface area contributed by atoms with Crippen molar-refractivity contribution in [1.29, 1.82) is 0 Å². The molecule has 0 unspecified atom stereocenters. The predicted octanol–water partition coefficient (Wildman–Crippen LogP) is 5.71. The Bertz CT molecular complexity index is 634. The van der Waals surface area contributed by atoms with Crippen LogP contribution in [0.15, 0.2) is 21.1 Å². The zero-order chi connectivity index (χ0) is 18.4. The minimum Gasteiger partial charge on any atom is -0.325 e. The van der Waals surface area contributed by atoms with Crippen molar-refractivity contribution in [2.75, 3.05) is 12.4 Å². The number of nitrogens with one attached hydrogen (secondary N) is 1. The van der Waals surface area contributed by atoms with E-state index in [1.54, 1.807) is 0 Å². The summed E-state index contributed by atoms with van der Waals surface area (Å²) in [5.74, 6) is -0.0953. The number of benzene rings is 1. The molecule has 1 saturated carbocycles. The summed E-state index contributed by atoms with van der Waals surface area (Å²) in [7, 11) is 2.16. The van der Waals surface area contributed by atoms with Crippen LogP contribution in [0.3, 0.4) is 0 Å². The van der Waals surface area contributed by atoms with Crippen molar-refractivity contribution in [3.63, 3.8) is 0 Å². The van der Waals surface area contributed by atoms with Gasteiger partial charge in [-0.3, -0.25) is 9.69 Å². The number of ketones is 1. The third-order valence-electron chi connectivity index (χ3n) is 4.72. The lowest BCUT2D eigenvalue weighted by Crippen LogP contribution is -2.33. The summed E-state index contributed by atoms with van der Waals surface area (Å²) in [4.78, 5) is 25.7. The topological polar surface area (TPSA) is 49.4 Å². The van der Waals surface area contributed by atoms with E-state index < -0.39 is 0 Å². The lowest BCUT2D eigenvalue weighted by atomic mass is 9.94. The predicted molar refractivity (Wildman–Crippen MR) is 116 cm³/mol. The van der Waals surface area contributed by atoms with Gasteiger partial charge in [0.2, 0.25) is 5.91 Å². The molecule has 1 fully saturated rings. The molecule has 26 heavy (non-hydrogen) atoms. The number of anilines is 1. The molecule has 0 atom stereocenters. The number of carbonyl (C=O) groups is 2. The molecule has 0 aliphatic heterocycles. The Labute approximate surface area is 179 Å². The monoisotopic (exact) mass is 508 g/mol. The number of hydrogen-bond acceptors (Lipinski definition) is 3. The van der Waals surface area contributed by atoms with Crippen molar-refractivity contribution >= 4 is 61.6 Å². The Kier molecular flexibility index (Phi) is 10.4. The van der Waals surface area contributed by atoms with Crippen LogP contribution < -0.4 is 5.32 Å². The highest BCUT2D eigenvalue weighted by atomic mass is 79.9. The fraction of sp³-hybridized carbons (Fsp3) is 0.579. The summed E-state index contributed by atoms with van der Waals surface area (Å²) >= 11 is 7.11. The molecule has 4 nitrogen and oxygen atoms in total. The molecule has 146 valence electrons. The number of nitrogens with zero attached hydrogens (tertiary/aromatic N) is 1. The van der Waals surface area contributed by atoms with Gasteiger partial charge in [0.1, 0.15) is 5.78 Å². The van der Waals surface area contributed by atoms with Gasteiger partial charge < -0.3 is 10.1 Å². The third kappa shape index (κ3) is 7.29. The average Bonchev–Trinajstić information content (AvgIpc) is 2.56. The van der Waals surface area contributed by atoms with Crippen LogP contribution in [0.1, 0.15) is 57.4 Å². The fourth-order valence-electron chi connectivity index (χ4n) is 3.30. The molecule has 1 aromatic carbocycles. The maximum absolute atomic E-state index is 12.2. The van der Waals surface area contributed by atoms with Gasteiger partial charge in [0, 0.05) is 34.4 Å². The van der Waals surface area contributed by atoms with Gasteiger partial charge in [-0.15, -0.1) is 12.4 Å². The maximum atomic E-state index is 12.2. The number of carbonyl (C=O) groups excluding carboxylic acids is 2. The molecule has 0 aromatic heterocycles. The second-order valence-corrected chi connectivity index (χ2v) is 8.65. The molecular formula is C19H27Br2ClN2O2. The van der Waals surface area contributed by atoms with Gasteiger partial charge >= 0.3 is 0 Å². The number of rotatable bonds is 7. The SMILES string of the molecule is CC(=O)CCC(=O)Nc1c(Br)cc(Br)cc1CN(C)C1CCCCC1.Cl. The van der Waals surface area contributed by atoms with Crippen LogP contribution in [0.5, 0.6) is 0 Å². The van der Waals surface area contributed by atoms with Crippen LogP contribution in [-0.4, -0.2) is 29.7 Å². The molecular weight excluding hydrogens is 483 g/mol. The van der Waals surface area contributed by atoms with E-state index in [1.807, 2.05) is 6.07 Å². The molecule has 1 amide bonds. The minimum absolute atomic E-state index is 0. The van der Waals surface area contributed by atoms with E-state index in [-0.39, 0.29) is 36.9 Å². The highest BCUT2D eigenvalue weighted by molar-refractivity contribution is 9.11. The highest BCUT2D eigenvalue weighted by Gasteiger charge is 2.20. The quantitative estimate of drug-likeness (QED) is 0.512. The zero-order valence-electron chi connectivity index (χ0n) is 15.3. The molecule has 0 bridgehead atoms. The number of amides is 1. The van der Waals surface area contributed by atoms with Crippen LogP contribution in [0, 0.1) is 0 Å². The Hall–Kier alpha value is -0.430. The highest BCUT2D eigenvalue weighted by Crippen LogP contribution is 2.33. The maximum Gasteiger partial charge on any atom is 0.224 e. The van der Waals surface area contributed by atoms with E-state index in [9.17, 15) is 9.59 Å². The van der Waals surface area contributed by atoms with E-state index in [1.165, 1.54) is 39.0 Å². The smallest absolute Gasteiger partial charge is 0.224 e. The summed E-state index contributed by atoms with van der Waals surface area (Å²) in [6.07, 6.45) is 6.91. The fourth-order valence-corrected chi connectivity index (χ4v) is 4.72. The van der Waals surface area contributed by atoms with Crippen LogP contribution in [0.4, 0.5) is 5.69 Å². The molecule has 7 heteroatoms. The molecule has 1 aliphatic rings. The van der Waals surface area contributed by atoms with Gasteiger partial charge in [0.15, 0.2) is 0 Å². The number of halogens is 3. The Morgan fingerprint density at radius 3 is 2.42 bits per heavy atom. The zero-order valence-corrected chi connectivity index (χ0v) is 19.3.